The van der Waals surface area contributed by atoms with Crippen molar-refractivity contribution in [1.82, 2.24) is 9.97 Å². The monoisotopic (exact) mass is 233 g/mol. The number of benzene rings is 1. The van der Waals surface area contributed by atoms with E-state index >= 15 is 0 Å². The van der Waals surface area contributed by atoms with Crippen LogP contribution in [-0.4, -0.2) is 9.97 Å². The van der Waals surface area contributed by atoms with Gasteiger partial charge in [0.05, 0.1) is 6.54 Å². The summed E-state index contributed by atoms with van der Waals surface area (Å²) in [5.74, 6) is 1.27. The number of hydrogen-bond acceptors (Lipinski definition) is 3. The van der Waals surface area contributed by atoms with Gasteiger partial charge < -0.3 is 5.32 Å². The first-order chi connectivity index (χ1) is 7.90. The van der Waals surface area contributed by atoms with Gasteiger partial charge in [-0.3, -0.25) is 0 Å². The zero-order valence-corrected chi connectivity index (χ0v) is 9.48. The van der Waals surface area contributed by atoms with E-state index in [0.29, 0.717) is 12.4 Å². The number of nitrogens with one attached hydrogen (secondary N) is 1. The Kier molecular flexibility index (Phi) is 3.72. The van der Waals surface area contributed by atoms with Crippen molar-refractivity contribution in [3.8, 4) is 0 Å². The van der Waals surface area contributed by atoms with Crippen LogP contribution >= 0.6 is 11.6 Å². The van der Waals surface area contributed by atoms with Gasteiger partial charge in [-0.05, 0) is 17.7 Å². The normalized spacial score (nSPS) is 10.1. The maximum absolute atomic E-state index is 5.84. The zero-order chi connectivity index (χ0) is 11.2. The van der Waals surface area contributed by atoms with Crippen LogP contribution in [0.2, 0.25) is 0 Å². The van der Waals surface area contributed by atoms with Gasteiger partial charge in [-0.2, -0.15) is 0 Å². The summed E-state index contributed by atoms with van der Waals surface area (Å²) in [6.45, 7) is 0.606. The Morgan fingerprint density at radius 3 is 2.56 bits per heavy atom. The molecule has 82 valence electrons. The SMILES string of the molecule is ClCc1ccccc1NCc1ncccn1. The van der Waals surface area contributed by atoms with E-state index in [1.54, 1.807) is 18.5 Å². The van der Waals surface area contributed by atoms with E-state index in [1.165, 1.54) is 0 Å². The van der Waals surface area contributed by atoms with E-state index in [1.807, 2.05) is 24.3 Å². The molecule has 2 aromatic rings. The molecule has 0 fully saturated rings. The molecule has 1 heterocycles. The van der Waals surface area contributed by atoms with Gasteiger partial charge in [0, 0.05) is 24.0 Å². The average Bonchev–Trinajstić information content (AvgIpc) is 2.38. The van der Waals surface area contributed by atoms with E-state index in [0.717, 1.165) is 17.1 Å². The summed E-state index contributed by atoms with van der Waals surface area (Å²) >= 11 is 5.84. The van der Waals surface area contributed by atoms with Crippen molar-refractivity contribution in [2.24, 2.45) is 0 Å². The van der Waals surface area contributed by atoms with E-state index in [-0.39, 0.29) is 0 Å². The highest BCUT2D eigenvalue weighted by Crippen LogP contribution is 2.17. The van der Waals surface area contributed by atoms with Crippen molar-refractivity contribution in [2.75, 3.05) is 5.32 Å². The number of hydrogen-bond donors (Lipinski definition) is 1. The van der Waals surface area contributed by atoms with E-state index in [2.05, 4.69) is 15.3 Å². The summed E-state index contributed by atoms with van der Waals surface area (Å²) in [7, 11) is 0. The first-order valence-corrected chi connectivity index (χ1v) is 5.57. The van der Waals surface area contributed by atoms with Gasteiger partial charge in [0.25, 0.3) is 0 Å². The molecule has 0 saturated carbocycles. The summed E-state index contributed by atoms with van der Waals surface area (Å²) < 4.78 is 0. The topological polar surface area (TPSA) is 37.8 Å². The van der Waals surface area contributed by atoms with Gasteiger partial charge in [-0.15, -0.1) is 11.6 Å². The van der Waals surface area contributed by atoms with Gasteiger partial charge in [0.1, 0.15) is 5.82 Å². The summed E-state index contributed by atoms with van der Waals surface area (Å²) in [4.78, 5) is 8.29. The molecule has 1 aromatic heterocycles. The maximum Gasteiger partial charge on any atom is 0.147 e. The number of para-hydroxylation sites is 1. The highest BCUT2D eigenvalue weighted by atomic mass is 35.5. The molecule has 4 heteroatoms. The van der Waals surface area contributed by atoms with Crippen LogP contribution < -0.4 is 5.32 Å². The molecule has 0 amide bonds. The van der Waals surface area contributed by atoms with Gasteiger partial charge in [-0.1, -0.05) is 18.2 Å². The smallest absolute Gasteiger partial charge is 0.147 e. The minimum Gasteiger partial charge on any atom is -0.377 e. The molecule has 0 aliphatic carbocycles. The van der Waals surface area contributed by atoms with Crippen LogP contribution in [0.15, 0.2) is 42.7 Å². The zero-order valence-electron chi connectivity index (χ0n) is 8.73. The van der Waals surface area contributed by atoms with Crippen LogP contribution in [0.1, 0.15) is 11.4 Å². The molecule has 0 aliphatic rings. The third kappa shape index (κ3) is 2.70. The van der Waals surface area contributed by atoms with Crippen molar-refractivity contribution in [3.63, 3.8) is 0 Å². The van der Waals surface area contributed by atoms with Crippen molar-refractivity contribution < 1.29 is 0 Å². The first kappa shape index (κ1) is 10.9. The third-order valence-electron chi connectivity index (χ3n) is 2.22. The van der Waals surface area contributed by atoms with Crippen LogP contribution in [0.4, 0.5) is 5.69 Å². The Hall–Kier alpha value is -1.61. The summed E-state index contributed by atoms with van der Waals surface area (Å²) in [6.07, 6.45) is 3.47. The summed E-state index contributed by atoms with van der Waals surface area (Å²) in [6, 6.07) is 9.75. The lowest BCUT2D eigenvalue weighted by Gasteiger charge is -2.08. The third-order valence-corrected chi connectivity index (χ3v) is 2.51. The van der Waals surface area contributed by atoms with E-state index in [4.69, 9.17) is 11.6 Å². The molecule has 0 radical (unpaired) electrons. The Morgan fingerprint density at radius 1 is 1.06 bits per heavy atom. The second kappa shape index (κ2) is 5.47. The number of rotatable bonds is 4. The minimum atomic E-state index is 0.499. The van der Waals surface area contributed by atoms with Crippen molar-refractivity contribution in [1.29, 1.82) is 0 Å². The molecule has 0 aliphatic heterocycles. The number of alkyl halides is 1. The van der Waals surface area contributed by atoms with Crippen molar-refractivity contribution in [2.45, 2.75) is 12.4 Å². The van der Waals surface area contributed by atoms with Gasteiger partial charge >= 0.3 is 0 Å². The maximum atomic E-state index is 5.84. The number of halogens is 1. The predicted molar refractivity (Wildman–Crippen MR) is 65.4 cm³/mol. The second-order valence-electron chi connectivity index (χ2n) is 3.31. The standard InChI is InChI=1S/C12H12ClN3/c13-8-10-4-1-2-5-11(10)16-9-12-14-6-3-7-15-12/h1-7,16H,8-9H2. The van der Waals surface area contributed by atoms with Crippen LogP contribution in [0, 0.1) is 0 Å². The van der Waals surface area contributed by atoms with Crippen LogP contribution in [0.3, 0.4) is 0 Å². The largest absolute Gasteiger partial charge is 0.377 e. The molecule has 0 atom stereocenters. The van der Waals surface area contributed by atoms with E-state index < -0.39 is 0 Å². The van der Waals surface area contributed by atoms with Gasteiger partial charge in [0.2, 0.25) is 0 Å². The Bertz CT molecular complexity index is 445. The molecule has 1 aromatic carbocycles. The second-order valence-corrected chi connectivity index (χ2v) is 3.58. The van der Waals surface area contributed by atoms with Gasteiger partial charge in [0.15, 0.2) is 0 Å². The molecule has 1 N–H and O–H groups in total. The number of anilines is 1. The molecule has 16 heavy (non-hydrogen) atoms. The van der Waals surface area contributed by atoms with E-state index in [9.17, 15) is 0 Å². The minimum absolute atomic E-state index is 0.499. The summed E-state index contributed by atoms with van der Waals surface area (Å²) in [5, 5.41) is 3.27. The fraction of sp³-hybridized carbons (Fsp3) is 0.167. The average molecular weight is 234 g/mol. The fourth-order valence-corrected chi connectivity index (χ4v) is 1.64. The molecular weight excluding hydrogens is 222 g/mol. The highest BCUT2D eigenvalue weighted by Gasteiger charge is 2.00. The Morgan fingerprint density at radius 2 is 1.81 bits per heavy atom. The predicted octanol–water partition coefficient (Wildman–Crippen LogP) is 2.83. The molecule has 2 rings (SSSR count). The first-order valence-electron chi connectivity index (χ1n) is 5.04. The van der Waals surface area contributed by atoms with Crippen molar-refractivity contribution >= 4 is 17.3 Å². The Labute approximate surface area is 99.5 Å². The number of nitrogens with zero attached hydrogens (tertiary/aromatic N) is 2. The lowest BCUT2D eigenvalue weighted by atomic mass is 10.2. The lowest BCUT2D eigenvalue weighted by Crippen LogP contribution is -2.04. The fourth-order valence-electron chi connectivity index (χ4n) is 1.40. The van der Waals surface area contributed by atoms with Crippen LogP contribution in [-0.2, 0) is 12.4 Å². The van der Waals surface area contributed by atoms with Crippen molar-refractivity contribution in [3.05, 3.63) is 54.1 Å². The Balaban J connectivity index is 2.05. The highest BCUT2D eigenvalue weighted by molar-refractivity contribution is 6.17. The molecule has 0 spiro atoms. The molecule has 0 saturated heterocycles. The molecule has 0 unspecified atom stereocenters. The molecule has 3 nitrogen and oxygen atoms in total. The lowest BCUT2D eigenvalue weighted by molar-refractivity contribution is 0.946. The molecular formula is C12H12ClN3. The number of aromatic nitrogens is 2. The van der Waals surface area contributed by atoms with Gasteiger partial charge in [-0.25, -0.2) is 9.97 Å². The quantitative estimate of drug-likeness (QED) is 0.826. The molecule has 0 bridgehead atoms. The van der Waals surface area contributed by atoms with Crippen LogP contribution in [0.5, 0.6) is 0 Å². The van der Waals surface area contributed by atoms with Crippen LogP contribution in [0.25, 0.3) is 0 Å². The summed E-state index contributed by atoms with van der Waals surface area (Å²) in [5.41, 5.74) is 2.12.